The number of amides is 1. The Bertz CT molecular complexity index is 896. The van der Waals surface area contributed by atoms with Crippen LogP contribution < -0.4 is 9.64 Å². The van der Waals surface area contributed by atoms with Crippen LogP contribution in [0.1, 0.15) is 24.0 Å². The summed E-state index contributed by atoms with van der Waals surface area (Å²) in [5.41, 5.74) is 3.49. The van der Waals surface area contributed by atoms with Crippen LogP contribution in [0, 0.1) is 18.3 Å². The topological polar surface area (TPSA) is 56.6 Å². The van der Waals surface area contributed by atoms with Crippen LogP contribution in [0.25, 0.3) is 0 Å². The Morgan fingerprint density at radius 2 is 1.93 bits per heavy atom. The Hall–Kier alpha value is -2.84. The molecule has 2 aliphatic heterocycles. The number of hydrogen-bond acceptors (Lipinski definition) is 4. The van der Waals surface area contributed by atoms with Crippen molar-refractivity contribution in [2.45, 2.75) is 25.2 Å². The van der Waals surface area contributed by atoms with Crippen LogP contribution in [0.15, 0.2) is 48.5 Å². The fourth-order valence-electron chi connectivity index (χ4n) is 4.41. The summed E-state index contributed by atoms with van der Waals surface area (Å²) in [6.45, 7) is 5.09. The standard InChI is InChI=1S/C23H25N3O2/c1-18-7-8-21-20(15-18)23(9-12-25(13-10-23)14-11-24)17-26(21)22(27)16-28-19-5-3-2-4-6-19/h2-8,15H,9-10,12-14,16-17H2,1H3. The summed E-state index contributed by atoms with van der Waals surface area (Å²) in [6.07, 6.45) is 1.93. The molecule has 0 bridgehead atoms. The number of carbonyl (C=O) groups excluding carboxylic acids is 1. The highest BCUT2D eigenvalue weighted by Crippen LogP contribution is 2.47. The molecule has 2 heterocycles. The zero-order valence-electron chi connectivity index (χ0n) is 16.2. The number of anilines is 1. The van der Waals surface area contributed by atoms with Gasteiger partial charge in [-0.25, -0.2) is 0 Å². The third-order valence-electron chi connectivity index (χ3n) is 5.99. The van der Waals surface area contributed by atoms with E-state index in [4.69, 9.17) is 10.00 Å². The van der Waals surface area contributed by atoms with Crippen molar-refractivity contribution in [1.29, 1.82) is 5.26 Å². The van der Waals surface area contributed by atoms with E-state index in [1.54, 1.807) is 0 Å². The number of aryl methyl sites for hydroxylation is 1. The van der Waals surface area contributed by atoms with E-state index in [-0.39, 0.29) is 17.9 Å². The number of hydrogen-bond donors (Lipinski definition) is 0. The minimum atomic E-state index is -0.0181. The number of nitriles is 1. The van der Waals surface area contributed by atoms with Crippen molar-refractivity contribution in [2.75, 3.05) is 37.7 Å². The molecule has 0 N–H and O–H groups in total. The maximum atomic E-state index is 13.0. The van der Waals surface area contributed by atoms with E-state index in [9.17, 15) is 4.79 Å². The molecule has 0 unspecified atom stereocenters. The molecule has 2 aromatic carbocycles. The summed E-state index contributed by atoms with van der Waals surface area (Å²) < 4.78 is 5.71. The van der Waals surface area contributed by atoms with Gasteiger partial charge in [0.25, 0.3) is 5.91 Å². The molecule has 0 aromatic heterocycles. The van der Waals surface area contributed by atoms with Gasteiger partial charge in [0.1, 0.15) is 5.75 Å². The average molecular weight is 375 g/mol. The molecule has 0 saturated carbocycles. The maximum Gasteiger partial charge on any atom is 0.264 e. The number of fused-ring (bicyclic) bond motifs is 2. The predicted octanol–water partition coefficient (Wildman–Crippen LogP) is 3.28. The first-order valence-corrected chi connectivity index (χ1v) is 9.80. The van der Waals surface area contributed by atoms with Crippen molar-refractivity contribution < 1.29 is 9.53 Å². The smallest absolute Gasteiger partial charge is 0.264 e. The molecule has 1 saturated heterocycles. The second-order valence-corrected chi connectivity index (χ2v) is 7.82. The molecule has 5 nitrogen and oxygen atoms in total. The predicted molar refractivity (Wildman–Crippen MR) is 108 cm³/mol. The molecular formula is C23H25N3O2. The van der Waals surface area contributed by atoms with Crippen molar-refractivity contribution in [1.82, 2.24) is 4.90 Å². The molecule has 1 amide bonds. The molecule has 1 fully saturated rings. The van der Waals surface area contributed by atoms with Crippen molar-refractivity contribution in [3.63, 3.8) is 0 Å². The number of para-hydroxylation sites is 1. The molecule has 2 aromatic rings. The van der Waals surface area contributed by atoms with Crippen LogP contribution in [0.4, 0.5) is 5.69 Å². The van der Waals surface area contributed by atoms with Gasteiger partial charge in [0.15, 0.2) is 6.61 Å². The monoisotopic (exact) mass is 375 g/mol. The quantitative estimate of drug-likeness (QED) is 0.770. The molecule has 5 heteroatoms. The Labute approximate surface area is 166 Å². The largest absolute Gasteiger partial charge is 0.484 e. The molecular weight excluding hydrogens is 350 g/mol. The molecule has 28 heavy (non-hydrogen) atoms. The highest BCUT2D eigenvalue weighted by atomic mass is 16.5. The fraction of sp³-hybridized carbons (Fsp3) is 0.391. The average Bonchev–Trinajstić information content (AvgIpc) is 3.02. The number of piperidine rings is 1. The molecule has 0 radical (unpaired) electrons. The van der Waals surface area contributed by atoms with Gasteiger partial charge in [-0.15, -0.1) is 0 Å². The van der Waals surface area contributed by atoms with Crippen molar-refractivity contribution in [3.8, 4) is 11.8 Å². The van der Waals surface area contributed by atoms with Gasteiger partial charge in [-0.05, 0) is 43.5 Å². The first kappa shape index (κ1) is 18.5. The van der Waals surface area contributed by atoms with Crippen LogP contribution in [-0.4, -0.2) is 43.6 Å². The van der Waals surface area contributed by atoms with Gasteiger partial charge in [-0.3, -0.25) is 9.69 Å². The van der Waals surface area contributed by atoms with Gasteiger partial charge in [-0.1, -0.05) is 35.9 Å². The van der Waals surface area contributed by atoms with E-state index in [0.717, 1.165) is 31.6 Å². The van der Waals surface area contributed by atoms with Crippen molar-refractivity contribution in [3.05, 3.63) is 59.7 Å². The zero-order valence-corrected chi connectivity index (χ0v) is 16.2. The zero-order chi connectivity index (χ0) is 19.6. The molecule has 2 aliphatic rings. The minimum absolute atomic E-state index is 0.00899. The van der Waals surface area contributed by atoms with E-state index in [2.05, 4.69) is 36.1 Å². The lowest BCUT2D eigenvalue weighted by molar-refractivity contribution is -0.120. The lowest BCUT2D eigenvalue weighted by atomic mass is 9.74. The molecule has 1 spiro atoms. The first-order valence-electron chi connectivity index (χ1n) is 9.80. The lowest BCUT2D eigenvalue weighted by Gasteiger charge is -2.39. The van der Waals surface area contributed by atoms with Gasteiger partial charge in [0.2, 0.25) is 0 Å². The molecule has 144 valence electrons. The number of benzene rings is 2. The second-order valence-electron chi connectivity index (χ2n) is 7.82. The van der Waals surface area contributed by atoms with Crippen molar-refractivity contribution in [2.24, 2.45) is 0 Å². The number of likely N-dealkylation sites (tertiary alicyclic amines) is 1. The van der Waals surface area contributed by atoms with E-state index in [1.165, 1.54) is 11.1 Å². The van der Waals surface area contributed by atoms with E-state index in [0.29, 0.717) is 18.8 Å². The van der Waals surface area contributed by atoms with Crippen LogP contribution in [-0.2, 0) is 10.2 Å². The van der Waals surface area contributed by atoms with Gasteiger partial charge in [0.05, 0.1) is 12.6 Å². The fourth-order valence-corrected chi connectivity index (χ4v) is 4.41. The number of rotatable bonds is 4. The van der Waals surface area contributed by atoms with Crippen LogP contribution in [0.2, 0.25) is 0 Å². The van der Waals surface area contributed by atoms with E-state index < -0.39 is 0 Å². The Morgan fingerprint density at radius 1 is 1.18 bits per heavy atom. The summed E-state index contributed by atoms with van der Waals surface area (Å²) in [4.78, 5) is 17.1. The number of nitrogens with zero attached hydrogens (tertiary/aromatic N) is 3. The lowest BCUT2D eigenvalue weighted by Crippen LogP contribution is -2.46. The number of carbonyl (C=O) groups is 1. The van der Waals surface area contributed by atoms with Crippen LogP contribution in [0.3, 0.4) is 0 Å². The third kappa shape index (κ3) is 3.48. The summed E-state index contributed by atoms with van der Waals surface area (Å²) in [5, 5.41) is 8.98. The third-order valence-corrected chi connectivity index (χ3v) is 5.99. The first-order chi connectivity index (χ1) is 13.6. The SMILES string of the molecule is Cc1ccc2c(c1)C1(CCN(CC#N)CC1)CN2C(=O)COc1ccccc1. The summed E-state index contributed by atoms with van der Waals surface area (Å²) in [5.74, 6) is 0.698. The van der Waals surface area contributed by atoms with Gasteiger partial charge in [0, 0.05) is 30.7 Å². The molecule has 0 aliphatic carbocycles. The Morgan fingerprint density at radius 3 is 2.64 bits per heavy atom. The Kier molecular flexibility index (Phi) is 5.06. The van der Waals surface area contributed by atoms with Crippen LogP contribution >= 0.6 is 0 Å². The summed E-state index contributed by atoms with van der Waals surface area (Å²) in [7, 11) is 0. The Balaban J connectivity index is 1.54. The van der Waals surface area contributed by atoms with E-state index in [1.807, 2.05) is 35.2 Å². The van der Waals surface area contributed by atoms with Gasteiger partial charge < -0.3 is 9.64 Å². The van der Waals surface area contributed by atoms with Gasteiger partial charge in [-0.2, -0.15) is 5.26 Å². The normalized spacial score (nSPS) is 17.9. The maximum absolute atomic E-state index is 13.0. The van der Waals surface area contributed by atoms with Crippen LogP contribution in [0.5, 0.6) is 5.75 Å². The van der Waals surface area contributed by atoms with Crippen molar-refractivity contribution >= 4 is 11.6 Å². The molecule has 0 atom stereocenters. The van der Waals surface area contributed by atoms with Gasteiger partial charge >= 0.3 is 0 Å². The summed E-state index contributed by atoms with van der Waals surface area (Å²) in [6, 6.07) is 18.1. The minimum Gasteiger partial charge on any atom is -0.484 e. The summed E-state index contributed by atoms with van der Waals surface area (Å²) >= 11 is 0. The van der Waals surface area contributed by atoms with E-state index >= 15 is 0 Å². The number of ether oxygens (including phenoxy) is 1. The highest BCUT2D eigenvalue weighted by molar-refractivity contribution is 5.97. The second kappa shape index (κ2) is 7.65. The highest BCUT2D eigenvalue weighted by Gasteiger charge is 2.46. The molecule has 4 rings (SSSR count).